The summed E-state index contributed by atoms with van der Waals surface area (Å²) < 4.78 is 43.0. The van der Waals surface area contributed by atoms with Crippen molar-refractivity contribution in [2.45, 2.75) is 44.8 Å². The molecule has 2 atom stereocenters. The van der Waals surface area contributed by atoms with Gasteiger partial charge in [-0.05, 0) is 44.5 Å². The van der Waals surface area contributed by atoms with Crippen molar-refractivity contribution < 1.29 is 38.0 Å². The first-order valence-electron chi connectivity index (χ1n) is 7.04. The maximum atomic E-state index is 12.7. The van der Waals surface area contributed by atoms with Gasteiger partial charge in [-0.15, -0.1) is 0 Å². The van der Waals surface area contributed by atoms with E-state index in [2.05, 4.69) is 5.32 Å². The maximum Gasteiger partial charge on any atom is 0.416 e. The van der Waals surface area contributed by atoms with Gasteiger partial charge >= 0.3 is 12.3 Å². The minimum Gasteiger partial charge on any atom is -0.508 e. The first-order chi connectivity index (χ1) is 10.8. The van der Waals surface area contributed by atoms with Crippen LogP contribution in [-0.2, 0) is 10.9 Å². The van der Waals surface area contributed by atoms with E-state index >= 15 is 0 Å². The number of amides is 1. The molecule has 0 heterocycles. The van der Waals surface area contributed by atoms with Crippen molar-refractivity contribution in [2.24, 2.45) is 0 Å². The number of ether oxygens (including phenoxy) is 1. The number of hydrogen-bond acceptors (Lipinski definition) is 5. The molecule has 0 fully saturated rings. The molecule has 136 valence electrons. The average Bonchev–Trinajstić information content (AvgIpc) is 2.40. The van der Waals surface area contributed by atoms with Gasteiger partial charge in [-0.2, -0.15) is 13.2 Å². The average molecular weight is 351 g/mol. The van der Waals surface area contributed by atoms with Gasteiger partial charge in [0.05, 0.1) is 5.56 Å². The summed E-state index contributed by atoms with van der Waals surface area (Å²) in [5, 5.41) is 31.3. The molecule has 9 heteroatoms. The number of nitrogens with one attached hydrogen (secondary N) is 1. The second-order valence-electron chi connectivity index (χ2n) is 6.21. The number of hydrogen-bond donors (Lipinski definition) is 4. The fourth-order valence-electron chi connectivity index (χ4n) is 1.80. The van der Waals surface area contributed by atoms with Gasteiger partial charge in [-0.3, -0.25) is 0 Å². The van der Waals surface area contributed by atoms with Crippen LogP contribution in [0.3, 0.4) is 0 Å². The zero-order valence-electron chi connectivity index (χ0n) is 13.4. The zero-order valence-corrected chi connectivity index (χ0v) is 13.4. The number of phenols is 1. The summed E-state index contributed by atoms with van der Waals surface area (Å²) in [5.41, 5.74) is -2.26. The van der Waals surface area contributed by atoms with Gasteiger partial charge in [0, 0.05) is 6.54 Å². The fraction of sp³-hybridized carbons (Fsp3) is 0.533. The monoisotopic (exact) mass is 351 g/mol. The molecular weight excluding hydrogens is 331 g/mol. The van der Waals surface area contributed by atoms with Crippen molar-refractivity contribution in [3.8, 4) is 5.75 Å². The van der Waals surface area contributed by atoms with Crippen LogP contribution in [0.25, 0.3) is 0 Å². The number of rotatable bonds is 4. The molecule has 2 unspecified atom stereocenters. The van der Waals surface area contributed by atoms with Crippen LogP contribution in [0.1, 0.15) is 38.0 Å². The van der Waals surface area contributed by atoms with E-state index in [4.69, 9.17) is 4.74 Å². The summed E-state index contributed by atoms with van der Waals surface area (Å²) in [6, 6.07) is 2.01. The molecule has 6 nitrogen and oxygen atoms in total. The van der Waals surface area contributed by atoms with Crippen LogP contribution in [0.5, 0.6) is 5.75 Å². The van der Waals surface area contributed by atoms with Gasteiger partial charge in [0.1, 0.15) is 23.6 Å². The molecule has 0 aromatic heterocycles. The van der Waals surface area contributed by atoms with E-state index in [0.29, 0.717) is 12.1 Å². The number of phenolic OH excluding ortho intramolecular Hbond substituents is 1. The SMILES string of the molecule is CC(C)(C)OC(=O)NCC(O)C(O)c1cc(O)cc(C(F)(F)F)c1. The molecule has 0 aliphatic heterocycles. The molecule has 1 rings (SSSR count). The fourth-order valence-corrected chi connectivity index (χ4v) is 1.80. The molecule has 0 radical (unpaired) electrons. The number of aromatic hydroxyl groups is 1. The van der Waals surface area contributed by atoms with Crippen molar-refractivity contribution in [1.82, 2.24) is 5.32 Å². The van der Waals surface area contributed by atoms with Crippen molar-refractivity contribution >= 4 is 6.09 Å². The summed E-state index contributed by atoms with van der Waals surface area (Å²) in [5.74, 6) is -0.703. The summed E-state index contributed by atoms with van der Waals surface area (Å²) in [7, 11) is 0. The molecule has 1 aromatic carbocycles. The van der Waals surface area contributed by atoms with E-state index in [1.54, 1.807) is 20.8 Å². The number of carbonyl (C=O) groups is 1. The second kappa shape index (κ2) is 7.27. The Balaban J connectivity index is 2.77. The van der Waals surface area contributed by atoms with E-state index in [0.717, 1.165) is 6.07 Å². The summed E-state index contributed by atoms with van der Waals surface area (Å²) in [4.78, 5) is 11.4. The smallest absolute Gasteiger partial charge is 0.416 e. The van der Waals surface area contributed by atoms with Crippen molar-refractivity contribution in [2.75, 3.05) is 6.54 Å². The van der Waals surface area contributed by atoms with Gasteiger partial charge in [-0.1, -0.05) is 0 Å². The molecule has 0 saturated heterocycles. The highest BCUT2D eigenvalue weighted by Gasteiger charge is 2.32. The second-order valence-corrected chi connectivity index (χ2v) is 6.21. The molecule has 0 bridgehead atoms. The number of carbonyl (C=O) groups excluding carboxylic acids is 1. The Morgan fingerprint density at radius 2 is 1.79 bits per heavy atom. The van der Waals surface area contributed by atoms with Crippen LogP contribution >= 0.6 is 0 Å². The Kier molecular flexibility index (Phi) is 6.07. The van der Waals surface area contributed by atoms with E-state index in [-0.39, 0.29) is 5.56 Å². The van der Waals surface area contributed by atoms with Crippen LogP contribution in [0, 0.1) is 0 Å². The number of alkyl halides is 3. The van der Waals surface area contributed by atoms with Gasteiger partial charge in [0.2, 0.25) is 0 Å². The predicted molar refractivity (Wildman–Crippen MR) is 78.3 cm³/mol. The number of aliphatic hydroxyl groups is 2. The van der Waals surface area contributed by atoms with Crippen LogP contribution < -0.4 is 5.32 Å². The normalized spacial score (nSPS) is 14.8. The Hall–Kier alpha value is -2.00. The highest BCUT2D eigenvalue weighted by Crippen LogP contribution is 2.34. The van der Waals surface area contributed by atoms with Gasteiger partial charge < -0.3 is 25.4 Å². The number of benzene rings is 1. The molecule has 0 spiro atoms. The van der Waals surface area contributed by atoms with Crippen LogP contribution in [0.15, 0.2) is 18.2 Å². The lowest BCUT2D eigenvalue weighted by Crippen LogP contribution is -2.38. The topological polar surface area (TPSA) is 99.0 Å². The minimum absolute atomic E-state index is 0.333. The molecule has 4 N–H and O–H groups in total. The molecular formula is C15H20F3NO5. The Morgan fingerprint density at radius 3 is 2.29 bits per heavy atom. The van der Waals surface area contributed by atoms with E-state index in [9.17, 15) is 33.3 Å². The van der Waals surface area contributed by atoms with Crippen LogP contribution in [0.2, 0.25) is 0 Å². The number of aliphatic hydroxyl groups excluding tert-OH is 2. The van der Waals surface area contributed by atoms with Gasteiger partial charge in [0.25, 0.3) is 0 Å². The van der Waals surface area contributed by atoms with Crippen LogP contribution in [-0.4, -0.2) is 39.7 Å². The highest BCUT2D eigenvalue weighted by atomic mass is 19.4. The lowest BCUT2D eigenvalue weighted by Gasteiger charge is -2.22. The zero-order chi connectivity index (χ0) is 18.7. The summed E-state index contributed by atoms with van der Waals surface area (Å²) >= 11 is 0. The number of halogens is 3. The highest BCUT2D eigenvalue weighted by molar-refractivity contribution is 5.67. The molecule has 0 aliphatic rings. The summed E-state index contributed by atoms with van der Waals surface area (Å²) in [6.45, 7) is 4.43. The molecule has 0 aliphatic carbocycles. The minimum atomic E-state index is -4.72. The molecule has 0 saturated carbocycles. The Labute approximate surface area is 136 Å². The van der Waals surface area contributed by atoms with Crippen molar-refractivity contribution in [3.05, 3.63) is 29.3 Å². The Bertz CT molecular complexity index is 583. The predicted octanol–water partition coefficient (Wildman–Crippen LogP) is 2.33. The van der Waals surface area contributed by atoms with E-state index in [1.165, 1.54) is 0 Å². The van der Waals surface area contributed by atoms with Gasteiger partial charge in [-0.25, -0.2) is 4.79 Å². The number of alkyl carbamates (subject to hydrolysis) is 1. The van der Waals surface area contributed by atoms with Crippen molar-refractivity contribution in [1.29, 1.82) is 0 Å². The first kappa shape index (κ1) is 20.0. The first-order valence-corrected chi connectivity index (χ1v) is 7.04. The lowest BCUT2D eigenvalue weighted by molar-refractivity contribution is -0.137. The largest absolute Gasteiger partial charge is 0.508 e. The standard InChI is InChI=1S/C15H20F3NO5/c1-14(2,3)24-13(23)19-7-11(21)12(22)8-4-9(15(16,17)18)6-10(20)5-8/h4-6,11-12,20-22H,7H2,1-3H3,(H,19,23). The molecule has 1 amide bonds. The van der Waals surface area contributed by atoms with Crippen molar-refractivity contribution in [3.63, 3.8) is 0 Å². The third kappa shape index (κ3) is 6.25. The third-order valence-corrected chi connectivity index (χ3v) is 2.83. The van der Waals surface area contributed by atoms with E-state index in [1.807, 2.05) is 0 Å². The van der Waals surface area contributed by atoms with Gasteiger partial charge in [0.15, 0.2) is 0 Å². The molecule has 24 heavy (non-hydrogen) atoms. The lowest BCUT2D eigenvalue weighted by atomic mass is 10.0. The maximum absolute atomic E-state index is 12.7. The third-order valence-electron chi connectivity index (χ3n) is 2.83. The molecule has 1 aromatic rings. The summed E-state index contributed by atoms with van der Waals surface area (Å²) in [6.07, 6.45) is -8.90. The van der Waals surface area contributed by atoms with Crippen LogP contribution in [0.4, 0.5) is 18.0 Å². The van der Waals surface area contributed by atoms with E-state index < -0.39 is 47.9 Å². The quantitative estimate of drug-likeness (QED) is 0.667. The Morgan fingerprint density at radius 1 is 1.21 bits per heavy atom.